The zero-order chi connectivity index (χ0) is 12.4. The summed E-state index contributed by atoms with van der Waals surface area (Å²) in [7, 11) is 1.48. The first-order chi connectivity index (χ1) is 8.11. The number of aromatic carboxylic acids is 1. The zero-order valence-electron chi connectivity index (χ0n) is 9.30. The van der Waals surface area contributed by atoms with Crippen LogP contribution in [0.25, 0.3) is 11.5 Å². The molecule has 0 aliphatic rings. The average Bonchev–Trinajstić information content (AvgIpc) is 2.76. The molecule has 0 saturated carbocycles. The van der Waals surface area contributed by atoms with Gasteiger partial charge in [-0.25, -0.2) is 9.78 Å². The van der Waals surface area contributed by atoms with Gasteiger partial charge in [-0.15, -0.1) is 0 Å². The van der Waals surface area contributed by atoms with Crippen molar-refractivity contribution in [2.75, 3.05) is 7.11 Å². The normalized spacial score (nSPS) is 10.2. The molecule has 0 spiro atoms. The molecule has 1 N–H and O–H groups in total. The SMILES string of the molecule is COc1cc(-c2ccc(C(=O)O)c(C)n2)on1. The van der Waals surface area contributed by atoms with Crippen molar-refractivity contribution in [2.45, 2.75) is 6.92 Å². The minimum Gasteiger partial charge on any atom is -0.479 e. The van der Waals surface area contributed by atoms with Gasteiger partial charge in [0.2, 0.25) is 0 Å². The summed E-state index contributed by atoms with van der Waals surface area (Å²) in [5.74, 6) is -0.222. The predicted molar refractivity (Wildman–Crippen MR) is 58.0 cm³/mol. The van der Waals surface area contributed by atoms with E-state index in [-0.39, 0.29) is 5.56 Å². The van der Waals surface area contributed by atoms with Crippen LogP contribution in [0.1, 0.15) is 16.1 Å². The van der Waals surface area contributed by atoms with Crippen LogP contribution in [0.4, 0.5) is 0 Å². The second-order valence-electron chi connectivity index (χ2n) is 3.37. The molecular formula is C11H10N2O4. The molecule has 0 aliphatic heterocycles. The van der Waals surface area contributed by atoms with E-state index in [1.54, 1.807) is 19.1 Å². The lowest BCUT2D eigenvalue weighted by atomic mass is 10.1. The molecule has 2 aromatic rings. The minimum absolute atomic E-state index is 0.167. The molecular weight excluding hydrogens is 224 g/mol. The van der Waals surface area contributed by atoms with E-state index in [9.17, 15) is 4.79 Å². The maximum atomic E-state index is 10.8. The van der Waals surface area contributed by atoms with Crippen LogP contribution in [-0.2, 0) is 0 Å². The number of ether oxygens (including phenoxy) is 1. The molecule has 0 radical (unpaired) electrons. The summed E-state index contributed by atoms with van der Waals surface area (Å²) in [5.41, 5.74) is 1.11. The number of hydrogen-bond acceptors (Lipinski definition) is 5. The smallest absolute Gasteiger partial charge is 0.337 e. The van der Waals surface area contributed by atoms with E-state index >= 15 is 0 Å². The van der Waals surface area contributed by atoms with Gasteiger partial charge in [-0.3, -0.25) is 0 Å². The maximum Gasteiger partial charge on any atom is 0.337 e. The summed E-state index contributed by atoms with van der Waals surface area (Å²) in [6, 6.07) is 4.63. The summed E-state index contributed by atoms with van der Waals surface area (Å²) in [6.45, 7) is 1.63. The van der Waals surface area contributed by atoms with Crippen LogP contribution in [-0.4, -0.2) is 28.3 Å². The van der Waals surface area contributed by atoms with E-state index < -0.39 is 5.97 Å². The lowest BCUT2D eigenvalue weighted by Gasteiger charge is -2.01. The van der Waals surface area contributed by atoms with Crippen molar-refractivity contribution in [2.24, 2.45) is 0 Å². The molecule has 0 bridgehead atoms. The summed E-state index contributed by atoms with van der Waals surface area (Å²) in [6.07, 6.45) is 0. The molecule has 6 nitrogen and oxygen atoms in total. The Morgan fingerprint density at radius 2 is 2.24 bits per heavy atom. The van der Waals surface area contributed by atoms with Crippen LogP contribution < -0.4 is 4.74 Å². The van der Waals surface area contributed by atoms with Gasteiger partial charge in [-0.1, -0.05) is 0 Å². The monoisotopic (exact) mass is 234 g/mol. The standard InChI is InChI=1S/C11H10N2O4/c1-6-7(11(14)15)3-4-8(12-6)9-5-10(16-2)13-17-9/h3-5H,1-2H3,(H,14,15). The third kappa shape index (κ3) is 2.10. The van der Waals surface area contributed by atoms with Crippen molar-refractivity contribution < 1.29 is 19.2 Å². The summed E-state index contributed by atoms with van der Waals surface area (Å²) >= 11 is 0. The fraction of sp³-hybridized carbons (Fsp3) is 0.182. The molecule has 0 aromatic carbocycles. The van der Waals surface area contributed by atoms with E-state index in [4.69, 9.17) is 14.4 Å². The number of hydrogen-bond donors (Lipinski definition) is 1. The first-order valence-electron chi connectivity index (χ1n) is 4.84. The highest BCUT2D eigenvalue weighted by molar-refractivity contribution is 5.89. The van der Waals surface area contributed by atoms with E-state index in [0.717, 1.165) is 0 Å². The van der Waals surface area contributed by atoms with Gasteiger partial charge in [-0.05, 0) is 24.2 Å². The van der Waals surface area contributed by atoms with E-state index in [2.05, 4.69) is 10.1 Å². The molecule has 0 aliphatic carbocycles. The molecule has 6 heteroatoms. The van der Waals surface area contributed by atoms with Gasteiger partial charge in [0.15, 0.2) is 5.76 Å². The number of rotatable bonds is 3. The first-order valence-corrected chi connectivity index (χ1v) is 4.84. The molecule has 0 amide bonds. The molecule has 0 unspecified atom stereocenters. The number of methoxy groups -OCH3 is 1. The fourth-order valence-electron chi connectivity index (χ4n) is 1.40. The molecule has 17 heavy (non-hydrogen) atoms. The first kappa shape index (κ1) is 11.1. The van der Waals surface area contributed by atoms with Crippen molar-refractivity contribution in [1.82, 2.24) is 10.1 Å². The molecule has 0 saturated heterocycles. The number of aryl methyl sites for hydroxylation is 1. The van der Waals surface area contributed by atoms with Crippen LogP contribution in [0.15, 0.2) is 22.7 Å². The third-order valence-corrected chi connectivity index (χ3v) is 2.27. The highest BCUT2D eigenvalue weighted by Gasteiger charge is 2.12. The number of carboxylic acid groups (broad SMARTS) is 1. The van der Waals surface area contributed by atoms with Crippen molar-refractivity contribution >= 4 is 5.97 Å². The van der Waals surface area contributed by atoms with Crippen molar-refractivity contribution in [3.63, 3.8) is 0 Å². The highest BCUT2D eigenvalue weighted by Crippen LogP contribution is 2.22. The Bertz CT molecular complexity index is 562. The van der Waals surface area contributed by atoms with E-state index in [1.165, 1.54) is 13.2 Å². The number of carbonyl (C=O) groups is 1. The van der Waals surface area contributed by atoms with Crippen LogP contribution >= 0.6 is 0 Å². The van der Waals surface area contributed by atoms with E-state index in [0.29, 0.717) is 23.0 Å². The molecule has 2 aromatic heterocycles. The van der Waals surface area contributed by atoms with Crippen molar-refractivity contribution in [3.05, 3.63) is 29.5 Å². The van der Waals surface area contributed by atoms with E-state index in [1.807, 2.05) is 0 Å². The maximum absolute atomic E-state index is 10.8. The largest absolute Gasteiger partial charge is 0.479 e. The molecule has 0 atom stereocenters. The summed E-state index contributed by atoms with van der Waals surface area (Å²) in [4.78, 5) is 15.0. The summed E-state index contributed by atoms with van der Waals surface area (Å²) in [5, 5.41) is 12.5. The Morgan fingerprint density at radius 3 is 2.76 bits per heavy atom. The quantitative estimate of drug-likeness (QED) is 0.870. The minimum atomic E-state index is -1.00. The molecule has 2 heterocycles. The van der Waals surface area contributed by atoms with Gasteiger partial charge in [-0.2, -0.15) is 0 Å². The number of carboxylic acids is 1. The highest BCUT2D eigenvalue weighted by atomic mass is 16.5. The van der Waals surface area contributed by atoms with Gasteiger partial charge >= 0.3 is 5.97 Å². The van der Waals surface area contributed by atoms with Crippen molar-refractivity contribution in [3.8, 4) is 17.3 Å². The fourth-order valence-corrected chi connectivity index (χ4v) is 1.40. The Kier molecular flexibility index (Phi) is 2.78. The van der Waals surface area contributed by atoms with Gasteiger partial charge in [0, 0.05) is 0 Å². The molecule has 2 rings (SSSR count). The number of nitrogens with zero attached hydrogens (tertiary/aromatic N) is 2. The summed E-state index contributed by atoms with van der Waals surface area (Å²) < 4.78 is 9.89. The van der Waals surface area contributed by atoms with Crippen LogP contribution in [0.5, 0.6) is 5.88 Å². The van der Waals surface area contributed by atoms with Crippen LogP contribution in [0.2, 0.25) is 0 Å². The Labute approximate surface area is 96.8 Å². The molecule has 88 valence electrons. The third-order valence-electron chi connectivity index (χ3n) is 2.27. The van der Waals surface area contributed by atoms with Gasteiger partial charge < -0.3 is 14.4 Å². The van der Waals surface area contributed by atoms with Crippen LogP contribution in [0.3, 0.4) is 0 Å². The zero-order valence-corrected chi connectivity index (χ0v) is 9.30. The van der Waals surface area contributed by atoms with Gasteiger partial charge in [0.1, 0.15) is 5.69 Å². The second kappa shape index (κ2) is 4.25. The number of aromatic nitrogens is 2. The van der Waals surface area contributed by atoms with Gasteiger partial charge in [0.05, 0.1) is 24.4 Å². The van der Waals surface area contributed by atoms with Crippen molar-refractivity contribution in [1.29, 1.82) is 0 Å². The Balaban J connectivity index is 2.40. The Hall–Kier alpha value is -2.37. The topological polar surface area (TPSA) is 85.5 Å². The molecule has 0 fully saturated rings. The Morgan fingerprint density at radius 1 is 1.47 bits per heavy atom. The second-order valence-corrected chi connectivity index (χ2v) is 3.37. The average molecular weight is 234 g/mol. The van der Waals surface area contributed by atoms with Gasteiger partial charge in [0.25, 0.3) is 5.88 Å². The predicted octanol–water partition coefficient (Wildman–Crippen LogP) is 1.75. The number of pyridine rings is 1. The lowest BCUT2D eigenvalue weighted by Crippen LogP contribution is -2.01. The lowest BCUT2D eigenvalue weighted by molar-refractivity contribution is 0.0695. The van der Waals surface area contributed by atoms with Crippen LogP contribution in [0, 0.1) is 6.92 Å².